The Kier molecular flexibility index (Phi) is 6.30. The van der Waals surface area contributed by atoms with Gasteiger partial charge in [-0.1, -0.05) is 35.9 Å². The van der Waals surface area contributed by atoms with Crippen LogP contribution in [0.25, 0.3) is 6.08 Å². The van der Waals surface area contributed by atoms with Gasteiger partial charge < -0.3 is 14.4 Å². The van der Waals surface area contributed by atoms with Crippen molar-refractivity contribution in [3.63, 3.8) is 0 Å². The lowest BCUT2D eigenvalue weighted by Gasteiger charge is -2.22. The quantitative estimate of drug-likeness (QED) is 0.697. The van der Waals surface area contributed by atoms with Gasteiger partial charge >= 0.3 is 5.97 Å². The summed E-state index contributed by atoms with van der Waals surface area (Å²) in [6.45, 7) is -0.196. The second-order valence-corrected chi connectivity index (χ2v) is 6.44. The van der Waals surface area contributed by atoms with Crippen molar-refractivity contribution in [3.8, 4) is 11.8 Å². The van der Waals surface area contributed by atoms with Crippen LogP contribution in [-0.4, -0.2) is 31.6 Å². The fraction of sp³-hybridized carbons (Fsp3) is 0.190. The number of ether oxygens (including phenoxy) is 2. The van der Waals surface area contributed by atoms with E-state index in [9.17, 15) is 9.59 Å². The molecule has 1 amide bonds. The molecule has 0 N–H and O–H groups in total. The molecule has 0 saturated carbocycles. The first-order valence-electron chi connectivity index (χ1n) is 8.61. The van der Waals surface area contributed by atoms with E-state index in [4.69, 9.17) is 26.3 Å². The predicted octanol–water partition coefficient (Wildman–Crippen LogP) is 3.61. The number of para-hydroxylation sites is 1. The van der Waals surface area contributed by atoms with Gasteiger partial charge in [-0.25, -0.2) is 4.79 Å². The third-order valence-electron chi connectivity index (χ3n) is 4.09. The summed E-state index contributed by atoms with van der Waals surface area (Å²) in [6, 6.07) is 16.1. The first-order valence-corrected chi connectivity index (χ1v) is 8.98. The lowest BCUT2D eigenvalue weighted by atomic mass is 10.1. The molecule has 0 aliphatic carbocycles. The zero-order valence-corrected chi connectivity index (χ0v) is 15.7. The molecule has 1 aliphatic rings. The van der Waals surface area contributed by atoms with Crippen molar-refractivity contribution in [2.75, 3.05) is 24.7 Å². The predicted molar refractivity (Wildman–Crippen MR) is 105 cm³/mol. The highest BCUT2D eigenvalue weighted by Gasteiger charge is 2.21. The number of hydrogen-bond acceptors (Lipinski definition) is 5. The zero-order valence-electron chi connectivity index (χ0n) is 14.9. The molecule has 1 heterocycles. The fourth-order valence-electron chi connectivity index (χ4n) is 2.74. The molecule has 0 fully saturated rings. The van der Waals surface area contributed by atoms with Crippen molar-refractivity contribution in [1.29, 1.82) is 5.26 Å². The maximum atomic E-state index is 12.6. The van der Waals surface area contributed by atoms with Gasteiger partial charge in [-0.2, -0.15) is 5.26 Å². The Balaban J connectivity index is 1.66. The largest absolute Gasteiger partial charge is 0.488 e. The lowest BCUT2D eigenvalue weighted by molar-refractivity contribution is -0.144. The minimum atomic E-state index is -0.616. The van der Waals surface area contributed by atoms with Crippen LogP contribution in [0.4, 0.5) is 5.69 Å². The van der Waals surface area contributed by atoms with Crippen molar-refractivity contribution in [2.45, 2.75) is 6.42 Å². The van der Waals surface area contributed by atoms with Crippen LogP contribution in [-0.2, 0) is 14.3 Å². The number of rotatable bonds is 6. The summed E-state index contributed by atoms with van der Waals surface area (Å²) in [7, 11) is 0. The maximum Gasteiger partial charge on any atom is 0.338 e. The molecule has 1 aliphatic heterocycles. The van der Waals surface area contributed by atoms with Crippen molar-refractivity contribution < 1.29 is 19.1 Å². The number of benzene rings is 2. The van der Waals surface area contributed by atoms with E-state index in [1.165, 1.54) is 4.90 Å². The first-order chi connectivity index (χ1) is 13.6. The normalized spacial score (nSPS) is 12.1. The first kappa shape index (κ1) is 19.5. The molecule has 142 valence electrons. The number of fused-ring (bicyclic) bond motifs is 1. The topological polar surface area (TPSA) is 79.6 Å². The number of hydrogen-bond donors (Lipinski definition) is 0. The standard InChI is InChI=1S/C21H17ClN2O4/c22-17-6-3-7-18(12-17)24(10-4-9-23)20(25)14-28-21(26)16-11-15-5-1-2-8-19(15)27-13-16/h1-3,5-8,11-12H,4,10,13-14H2. The van der Waals surface area contributed by atoms with E-state index in [0.29, 0.717) is 22.0 Å². The van der Waals surface area contributed by atoms with Gasteiger partial charge in [-0.05, 0) is 30.3 Å². The van der Waals surface area contributed by atoms with Gasteiger partial charge in [0, 0.05) is 22.8 Å². The van der Waals surface area contributed by atoms with Crippen LogP contribution in [0, 0.1) is 11.3 Å². The number of esters is 1. The summed E-state index contributed by atoms with van der Waals surface area (Å²) in [4.78, 5) is 26.3. The van der Waals surface area contributed by atoms with Gasteiger partial charge in [-0.15, -0.1) is 0 Å². The Morgan fingerprint density at radius 3 is 2.82 bits per heavy atom. The van der Waals surface area contributed by atoms with Gasteiger partial charge in [0.05, 0.1) is 18.1 Å². The number of amides is 1. The van der Waals surface area contributed by atoms with E-state index in [1.807, 2.05) is 30.3 Å². The smallest absolute Gasteiger partial charge is 0.338 e. The third-order valence-corrected chi connectivity index (χ3v) is 4.32. The van der Waals surface area contributed by atoms with Gasteiger partial charge in [0.2, 0.25) is 0 Å². The van der Waals surface area contributed by atoms with Gasteiger partial charge in [0.25, 0.3) is 5.91 Å². The summed E-state index contributed by atoms with van der Waals surface area (Å²) >= 11 is 5.99. The SMILES string of the molecule is N#CCCN(C(=O)COC(=O)C1=Cc2ccccc2OC1)c1cccc(Cl)c1. The van der Waals surface area contributed by atoms with E-state index < -0.39 is 18.5 Å². The molecule has 7 heteroatoms. The lowest BCUT2D eigenvalue weighted by Crippen LogP contribution is -2.36. The minimum absolute atomic E-state index is 0.0798. The second-order valence-electron chi connectivity index (χ2n) is 6.01. The van der Waals surface area contributed by atoms with Gasteiger partial charge in [0.15, 0.2) is 6.61 Å². The Morgan fingerprint density at radius 2 is 2.04 bits per heavy atom. The highest BCUT2D eigenvalue weighted by Crippen LogP contribution is 2.26. The van der Waals surface area contributed by atoms with Crippen LogP contribution in [0.1, 0.15) is 12.0 Å². The highest BCUT2D eigenvalue weighted by atomic mass is 35.5. The molecule has 0 spiro atoms. The van der Waals surface area contributed by atoms with Gasteiger partial charge in [-0.3, -0.25) is 4.79 Å². The molecule has 0 atom stereocenters. The number of anilines is 1. The number of halogens is 1. The zero-order chi connectivity index (χ0) is 19.9. The van der Waals surface area contributed by atoms with E-state index in [1.54, 1.807) is 30.3 Å². The summed E-state index contributed by atoms with van der Waals surface area (Å²) < 4.78 is 10.7. The van der Waals surface area contributed by atoms with Crippen molar-refractivity contribution in [2.24, 2.45) is 0 Å². The Labute approximate surface area is 167 Å². The third kappa shape index (κ3) is 4.70. The van der Waals surface area contributed by atoms with E-state index in [2.05, 4.69) is 0 Å². The molecule has 0 radical (unpaired) electrons. The summed E-state index contributed by atoms with van der Waals surface area (Å²) in [5.41, 5.74) is 1.65. The van der Waals surface area contributed by atoms with Crippen LogP contribution in [0.3, 0.4) is 0 Å². The number of nitriles is 1. The molecule has 2 aromatic carbocycles. The van der Waals surface area contributed by atoms with Crippen molar-refractivity contribution in [3.05, 3.63) is 64.7 Å². The Hall–Kier alpha value is -3.30. The Morgan fingerprint density at radius 1 is 1.21 bits per heavy atom. The van der Waals surface area contributed by atoms with E-state index >= 15 is 0 Å². The van der Waals surface area contributed by atoms with Crippen LogP contribution >= 0.6 is 11.6 Å². The molecular weight excluding hydrogens is 380 g/mol. The molecule has 2 aromatic rings. The fourth-order valence-corrected chi connectivity index (χ4v) is 2.92. The average molecular weight is 397 g/mol. The van der Waals surface area contributed by atoms with Gasteiger partial charge in [0.1, 0.15) is 12.4 Å². The molecule has 0 aromatic heterocycles. The number of carbonyl (C=O) groups is 2. The minimum Gasteiger partial charge on any atom is -0.488 e. The molecule has 0 saturated heterocycles. The number of carbonyl (C=O) groups excluding carboxylic acids is 2. The van der Waals surface area contributed by atoms with E-state index in [0.717, 1.165) is 5.56 Å². The van der Waals surface area contributed by atoms with Crippen molar-refractivity contribution >= 4 is 35.2 Å². The van der Waals surface area contributed by atoms with Crippen LogP contribution < -0.4 is 9.64 Å². The summed E-state index contributed by atoms with van der Waals surface area (Å²) in [5.74, 6) is -0.364. The van der Waals surface area contributed by atoms with Crippen LogP contribution in [0.5, 0.6) is 5.75 Å². The summed E-state index contributed by atoms with van der Waals surface area (Å²) in [5, 5.41) is 9.31. The van der Waals surface area contributed by atoms with E-state index in [-0.39, 0.29) is 19.6 Å². The molecule has 0 unspecified atom stereocenters. The van der Waals surface area contributed by atoms with Crippen LogP contribution in [0.2, 0.25) is 5.02 Å². The number of nitrogens with zero attached hydrogens (tertiary/aromatic N) is 2. The molecular formula is C21H17ClN2O4. The molecule has 6 nitrogen and oxygen atoms in total. The highest BCUT2D eigenvalue weighted by molar-refractivity contribution is 6.30. The molecule has 28 heavy (non-hydrogen) atoms. The average Bonchev–Trinajstić information content (AvgIpc) is 2.72. The monoisotopic (exact) mass is 396 g/mol. The van der Waals surface area contributed by atoms with Crippen molar-refractivity contribution in [1.82, 2.24) is 0 Å². The molecule has 3 rings (SSSR count). The second kappa shape index (κ2) is 9.07. The van der Waals surface area contributed by atoms with Crippen LogP contribution in [0.15, 0.2) is 54.1 Å². The summed E-state index contributed by atoms with van der Waals surface area (Å²) in [6.07, 6.45) is 1.83. The Bertz CT molecular complexity index is 965. The molecule has 0 bridgehead atoms. The maximum absolute atomic E-state index is 12.6.